The number of benzene rings is 1. The van der Waals surface area contributed by atoms with Crippen LogP contribution in [0.3, 0.4) is 0 Å². The van der Waals surface area contributed by atoms with Crippen LogP contribution in [0, 0.1) is 5.41 Å². The number of hydrogen-bond acceptors (Lipinski definition) is 2. The maximum Gasteiger partial charge on any atom is 0.278 e. The summed E-state index contributed by atoms with van der Waals surface area (Å²) in [7, 11) is 0. The van der Waals surface area contributed by atoms with E-state index in [2.05, 4.69) is 0 Å². The predicted octanol–water partition coefficient (Wildman–Crippen LogP) is 3.55. The van der Waals surface area contributed by atoms with Crippen molar-refractivity contribution in [2.45, 2.75) is 26.7 Å². The van der Waals surface area contributed by atoms with Crippen molar-refractivity contribution in [3.8, 4) is 11.5 Å². The lowest BCUT2D eigenvalue weighted by molar-refractivity contribution is -0.104. The maximum atomic E-state index is 14.0. The number of hydrogen-bond donors (Lipinski definition) is 0. The van der Waals surface area contributed by atoms with E-state index in [1.54, 1.807) is 0 Å². The van der Waals surface area contributed by atoms with E-state index in [1.165, 1.54) is 39.0 Å². The third-order valence-electron chi connectivity index (χ3n) is 2.68. The summed E-state index contributed by atoms with van der Waals surface area (Å²) in [5.41, 5.74) is -1.16. The summed E-state index contributed by atoms with van der Waals surface area (Å²) in [6.45, 7) is 4.63. The lowest BCUT2D eigenvalue weighted by Crippen LogP contribution is -2.31. The second kappa shape index (κ2) is 3.34. The molecule has 2 rings (SSSR count). The fraction of sp³-hybridized carbons (Fsp3) is 0.500. The summed E-state index contributed by atoms with van der Waals surface area (Å²) in [4.78, 5) is 0. The predicted molar refractivity (Wildman–Crippen MR) is 55.9 cm³/mol. The molecule has 0 aromatic heterocycles. The van der Waals surface area contributed by atoms with Gasteiger partial charge in [-0.3, -0.25) is 0 Å². The van der Waals surface area contributed by atoms with Crippen molar-refractivity contribution in [3.05, 3.63) is 23.8 Å². The molecule has 0 bridgehead atoms. The quantitative estimate of drug-likeness (QED) is 0.731. The van der Waals surface area contributed by atoms with Gasteiger partial charge in [0.15, 0.2) is 11.5 Å². The number of ether oxygens (including phenoxy) is 2. The van der Waals surface area contributed by atoms with Gasteiger partial charge in [0, 0.05) is 11.0 Å². The molecule has 2 nitrogen and oxygen atoms in total. The van der Waals surface area contributed by atoms with Crippen molar-refractivity contribution in [3.63, 3.8) is 0 Å². The zero-order valence-corrected chi connectivity index (χ0v) is 9.51. The fourth-order valence-corrected chi connectivity index (χ4v) is 1.52. The number of rotatable bonds is 1. The highest BCUT2D eigenvalue weighted by molar-refractivity contribution is 5.45. The smallest absolute Gasteiger partial charge is 0.278 e. The SMILES string of the molecule is CC(C)(C)C(F)(F)c1ccc2c(c1)OCO2. The Kier molecular flexibility index (Phi) is 2.33. The van der Waals surface area contributed by atoms with E-state index >= 15 is 0 Å². The van der Waals surface area contributed by atoms with Crippen molar-refractivity contribution in [1.82, 2.24) is 0 Å². The fourth-order valence-electron chi connectivity index (χ4n) is 1.52. The van der Waals surface area contributed by atoms with Crippen LogP contribution in [-0.2, 0) is 5.92 Å². The molecule has 0 spiro atoms. The lowest BCUT2D eigenvalue weighted by atomic mass is 9.83. The van der Waals surface area contributed by atoms with Crippen molar-refractivity contribution in [2.75, 3.05) is 6.79 Å². The van der Waals surface area contributed by atoms with Gasteiger partial charge in [0.1, 0.15) is 0 Å². The summed E-state index contributed by atoms with van der Waals surface area (Å²) in [5, 5.41) is 0. The average Bonchev–Trinajstić information content (AvgIpc) is 2.61. The van der Waals surface area contributed by atoms with Crippen molar-refractivity contribution >= 4 is 0 Å². The summed E-state index contributed by atoms with van der Waals surface area (Å²) in [5.74, 6) is -1.98. The first-order valence-corrected chi connectivity index (χ1v) is 5.10. The Balaban J connectivity index is 2.42. The summed E-state index contributed by atoms with van der Waals surface area (Å²) in [6, 6.07) is 4.27. The third kappa shape index (κ3) is 1.62. The van der Waals surface area contributed by atoms with E-state index in [9.17, 15) is 8.78 Å². The molecule has 0 atom stereocenters. The van der Waals surface area contributed by atoms with Crippen molar-refractivity contribution in [2.24, 2.45) is 5.41 Å². The molecule has 0 unspecified atom stereocenters. The van der Waals surface area contributed by atoms with Gasteiger partial charge < -0.3 is 9.47 Å². The Morgan fingerprint density at radius 1 is 1.06 bits per heavy atom. The number of fused-ring (bicyclic) bond motifs is 1. The second-order valence-electron chi connectivity index (χ2n) is 4.89. The molecule has 1 aromatic carbocycles. The Morgan fingerprint density at radius 2 is 1.69 bits per heavy atom. The minimum Gasteiger partial charge on any atom is -0.454 e. The third-order valence-corrected chi connectivity index (χ3v) is 2.68. The molecule has 1 aromatic rings. The van der Waals surface area contributed by atoms with E-state index in [4.69, 9.17) is 9.47 Å². The normalized spacial score (nSPS) is 15.3. The van der Waals surface area contributed by atoms with Crippen LogP contribution < -0.4 is 9.47 Å². The van der Waals surface area contributed by atoms with Crippen LogP contribution >= 0.6 is 0 Å². The molecule has 1 aliphatic rings. The maximum absolute atomic E-state index is 14.0. The highest BCUT2D eigenvalue weighted by atomic mass is 19.3. The Labute approximate surface area is 93.2 Å². The first kappa shape index (κ1) is 11.2. The molecule has 16 heavy (non-hydrogen) atoms. The van der Waals surface area contributed by atoms with Crippen molar-refractivity contribution < 1.29 is 18.3 Å². The lowest BCUT2D eigenvalue weighted by Gasteiger charge is -2.30. The first-order valence-electron chi connectivity index (χ1n) is 5.10. The summed E-state index contributed by atoms with van der Waals surface area (Å²) in [6.07, 6.45) is 0. The van der Waals surface area contributed by atoms with E-state index < -0.39 is 11.3 Å². The van der Waals surface area contributed by atoms with E-state index in [-0.39, 0.29) is 12.4 Å². The zero-order valence-electron chi connectivity index (χ0n) is 9.51. The molecule has 0 saturated carbocycles. The summed E-state index contributed by atoms with van der Waals surface area (Å²) >= 11 is 0. The molecule has 0 N–H and O–H groups in total. The number of halogens is 2. The Hall–Kier alpha value is -1.32. The van der Waals surface area contributed by atoms with E-state index in [1.807, 2.05) is 0 Å². The van der Waals surface area contributed by atoms with Gasteiger partial charge in [0.05, 0.1) is 0 Å². The molecule has 0 amide bonds. The Morgan fingerprint density at radius 3 is 2.31 bits per heavy atom. The van der Waals surface area contributed by atoms with Gasteiger partial charge >= 0.3 is 0 Å². The molecule has 1 heterocycles. The van der Waals surface area contributed by atoms with Crippen LogP contribution in [0.15, 0.2) is 18.2 Å². The molecule has 1 aliphatic heterocycles. The van der Waals surface area contributed by atoms with E-state index in [0.29, 0.717) is 11.5 Å². The monoisotopic (exact) mass is 228 g/mol. The molecule has 0 radical (unpaired) electrons. The van der Waals surface area contributed by atoms with Gasteiger partial charge in [0.2, 0.25) is 6.79 Å². The molecular weight excluding hydrogens is 214 g/mol. The van der Waals surface area contributed by atoms with Gasteiger partial charge in [-0.05, 0) is 18.2 Å². The van der Waals surface area contributed by atoms with Crippen LogP contribution in [0.25, 0.3) is 0 Å². The molecule has 0 saturated heterocycles. The van der Waals surface area contributed by atoms with Crippen molar-refractivity contribution in [1.29, 1.82) is 0 Å². The molecule has 88 valence electrons. The average molecular weight is 228 g/mol. The van der Waals surface area contributed by atoms with Gasteiger partial charge in [-0.15, -0.1) is 0 Å². The minimum absolute atomic E-state index is 0.0377. The van der Waals surface area contributed by atoms with Gasteiger partial charge in [-0.2, -0.15) is 0 Å². The van der Waals surface area contributed by atoms with Gasteiger partial charge in [-0.1, -0.05) is 20.8 Å². The number of alkyl halides is 2. The molecule has 0 aliphatic carbocycles. The molecular formula is C12H14F2O2. The minimum atomic E-state index is -2.89. The zero-order chi connectivity index (χ0) is 12.0. The molecule has 0 fully saturated rings. The summed E-state index contributed by atoms with van der Waals surface area (Å²) < 4.78 is 38.2. The van der Waals surface area contributed by atoms with E-state index in [0.717, 1.165) is 0 Å². The highest BCUT2D eigenvalue weighted by Crippen LogP contribution is 2.46. The molecule has 4 heteroatoms. The van der Waals surface area contributed by atoms with Crippen LogP contribution in [0.4, 0.5) is 8.78 Å². The van der Waals surface area contributed by atoms with Crippen LogP contribution in [0.5, 0.6) is 11.5 Å². The first-order chi connectivity index (χ1) is 7.32. The standard InChI is InChI=1S/C12H14F2O2/c1-11(2,3)12(13,14)8-4-5-9-10(6-8)16-7-15-9/h4-6H,7H2,1-3H3. The topological polar surface area (TPSA) is 18.5 Å². The van der Waals surface area contributed by atoms with Crippen LogP contribution in [0.2, 0.25) is 0 Å². The van der Waals surface area contributed by atoms with Gasteiger partial charge in [0.25, 0.3) is 5.92 Å². The van der Waals surface area contributed by atoms with Crippen LogP contribution in [0.1, 0.15) is 26.3 Å². The van der Waals surface area contributed by atoms with Gasteiger partial charge in [-0.25, -0.2) is 8.78 Å². The second-order valence-corrected chi connectivity index (χ2v) is 4.89. The Bertz CT molecular complexity index is 408. The highest BCUT2D eigenvalue weighted by Gasteiger charge is 2.45. The largest absolute Gasteiger partial charge is 0.454 e. The van der Waals surface area contributed by atoms with Crippen LogP contribution in [-0.4, -0.2) is 6.79 Å².